The summed E-state index contributed by atoms with van der Waals surface area (Å²) in [4.78, 5) is 3.96. The van der Waals surface area contributed by atoms with Crippen molar-refractivity contribution < 1.29 is 4.74 Å². The van der Waals surface area contributed by atoms with E-state index in [0.29, 0.717) is 6.10 Å². The van der Waals surface area contributed by atoms with Crippen molar-refractivity contribution >= 4 is 0 Å². The van der Waals surface area contributed by atoms with Crippen molar-refractivity contribution in [3.8, 4) is 0 Å². The van der Waals surface area contributed by atoms with Gasteiger partial charge in [-0.15, -0.1) is 0 Å². The summed E-state index contributed by atoms with van der Waals surface area (Å²) < 4.78 is 8.16. The molecule has 1 saturated heterocycles. The molecular weight excluding hydrogens is 202 g/mol. The molecule has 2 fully saturated rings. The molecule has 1 aromatic heterocycles. The van der Waals surface area contributed by atoms with E-state index in [4.69, 9.17) is 4.74 Å². The van der Waals surface area contributed by atoms with Crippen molar-refractivity contribution in [1.29, 1.82) is 0 Å². The highest BCUT2D eigenvalue weighted by Gasteiger charge is 2.40. The normalized spacial score (nSPS) is 28.6. The summed E-state index contributed by atoms with van der Waals surface area (Å²) in [5, 5.41) is 4.14. The lowest BCUT2D eigenvalue weighted by molar-refractivity contribution is -0.0688. The summed E-state index contributed by atoms with van der Waals surface area (Å²) in [5.41, 5.74) is 0.226. The van der Waals surface area contributed by atoms with Crippen molar-refractivity contribution in [2.24, 2.45) is 0 Å². The molecule has 1 unspecified atom stereocenters. The molecule has 0 bridgehead atoms. The van der Waals surface area contributed by atoms with E-state index in [9.17, 15) is 0 Å². The number of hydrogen-bond donors (Lipinski definition) is 0. The van der Waals surface area contributed by atoms with Crippen molar-refractivity contribution in [2.75, 3.05) is 0 Å². The Balaban J connectivity index is 1.60. The summed E-state index contributed by atoms with van der Waals surface area (Å²) in [6.07, 6.45) is 12.7. The summed E-state index contributed by atoms with van der Waals surface area (Å²) in [5.74, 6) is 0. The quantitative estimate of drug-likeness (QED) is 0.768. The Bertz CT molecular complexity index is 330. The topological polar surface area (TPSA) is 39.9 Å². The Kier molecular flexibility index (Phi) is 2.67. The van der Waals surface area contributed by atoms with Gasteiger partial charge < -0.3 is 4.74 Å². The molecule has 1 saturated carbocycles. The molecule has 4 heteroatoms. The van der Waals surface area contributed by atoms with Crippen LogP contribution in [0, 0.1) is 0 Å². The van der Waals surface area contributed by atoms with Crippen LogP contribution in [0.25, 0.3) is 0 Å². The summed E-state index contributed by atoms with van der Waals surface area (Å²) in [6.45, 7) is 0.863. The van der Waals surface area contributed by atoms with E-state index in [1.165, 1.54) is 44.9 Å². The van der Waals surface area contributed by atoms with Crippen LogP contribution in [-0.2, 0) is 11.3 Å². The molecular formula is C12H19N3O. The molecule has 2 heterocycles. The van der Waals surface area contributed by atoms with Crippen LogP contribution < -0.4 is 0 Å². The molecule has 0 N–H and O–H groups in total. The van der Waals surface area contributed by atoms with Gasteiger partial charge in [0.05, 0.1) is 18.2 Å². The maximum atomic E-state index is 6.27. The van der Waals surface area contributed by atoms with Gasteiger partial charge in [-0.3, -0.25) is 4.68 Å². The van der Waals surface area contributed by atoms with Crippen molar-refractivity contribution in [3.63, 3.8) is 0 Å². The van der Waals surface area contributed by atoms with Crippen molar-refractivity contribution in [2.45, 2.75) is 63.2 Å². The zero-order chi connectivity index (χ0) is 10.8. The van der Waals surface area contributed by atoms with Crippen LogP contribution in [0.3, 0.4) is 0 Å². The molecule has 88 valence electrons. The minimum Gasteiger partial charge on any atom is -0.370 e. The standard InChI is InChI=1S/C12H19N3O/c1-2-5-12(6-3-1)7-4-11(16-12)8-15-10-13-9-14-15/h9-11H,1-8H2. The van der Waals surface area contributed by atoms with E-state index in [1.807, 2.05) is 4.68 Å². The van der Waals surface area contributed by atoms with Crippen molar-refractivity contribution in [1.82, 2.24) is 14.8 Å². The lowest BCUT2D eigenvalue weighted by Gasteiger charge is -2.33. The first-order chi connectivity index (χ1) is 7.86. The fourth-order valence-electron chi connectivity index (χ4n) is 3.12. The third kappa shape index (κ3) is 1.98. The lowest BCUT2D eigenvalue weighted by atomic mass is 9.83. The first-order valence-electron chi connectivity index (χ1n) is 6.37. The Labute approximate surface area is 96.0 Å². The molecule has 0 aromatic carbocycles. The molecule has 0 radical (unpaired) electrons. The molecule has 1 aliphatic heterocycles. The molecule has 3 rings (SSSR count). The molecule has 4 nitrogen and oxygen atoms in total. The highest BCUT2D eigenvalue weighted by atomic mass is 16.5. The minimum atomic E-state index is 0.226. The molecule has 16 heavy (non-hydrogen) atoms. The molecule has 0 amide bonds. The number of hydrogen-bond acceptors (Lipinski definition) is 3. The molecule has 2 aliphatic rings. The number of aromatic nitrogens is 3. The monoisotopic (exact) mass is 221 g/mol. The van der Waals surface area contributed by atoms with Gasteiger partial charge in [-0.1, -0.05) is 19.3 Å². The second kappa shape index (κ2) is 4.17. The van der Waals surface area contributed by atoms with Gasteiger partial charge in [-0.25, -0.2) is 4.98 Å². The Morgan fingerprint density at radius 1 is 1.25 bits per heavy atom. The lowest BCUT2D eigenvalue weighted by Crippen LogP contribution is -2.32. The SMILES string of the molecule is c1ncn(CC2CCC3(CCCCC3)O2)n1. The van der Waals surface area contributed by atoms with Gasteiger partial charge in [0.15, 0.2) is 0 Å². The minimum absolute atomic E-state index is 0.226. The fraction of sp³-hybridized carbons (Fsp3) is 0.833. The smallest absolute Gasteiger partial charge is 0.137 e. The fourth-order valence-corrected chi connectivity index (χ4v) is 3.12. The number of nitrogens with zero attached hydrogens (tertiary/aromatic N) is 3. The third-order valence-corrected chi connectivity index (χ3v) is 3.96. The van der Waals surface area contributed by atoms with E-state index >= 15 is 0 Å². The maximum Gasteiger partial charge on any atom is 0.137 e. The zero-order valence-corrected chi connectivity index (χ0v) is 9.64. The van der Waals surface area contributed by atoms with Gasteiger partial charge in [-0.05, 0) is 25.7 Å². The van der Waals surface area contributed by atoms with Crippen LogP contribution in [0.5, 0.6) is 0 Å². The van der Waals surface area contributed by atoms with Crippen LogP contribution >= 0.6 is 0 Å². The van der Waals surface area contributed by atoms with Gasteiger partial charge in [0.25, 0.3) is 0 Å². The number of ether oxygens (including phenoxy) is 1. The molecule has 1 spiro atoms. The van der Waals surface area contributed by atoms with E-state index in [-0.39, 0.29) is 5.60 Å². The first-order valence-corrected chi connectivity index (χ1v) is 6.37. The van der Waals surface area contributed by atoms with Crippen molar-refractivity contribution in [3.05, 3.63) is 12.7 Å². The van der Waals surface area contributed by atoms with Crippen LogP contribution in [0.4, 0.5) is 0 Å². The van der Waals surface area contributed by atoms with Gasteiger partial charge in [-0.2, -0.15) is 5.10 Å². The average molecular weight is 221 g/mol. The predicted molar refractivity (Wildman–Crippen MR) is 59.9 cm³/mol. The van der Waals surface area contributed by atoms with Crippen LogP contribution in [0.1, 0.15) is 44.9 Å². The van der Waals surface area contributed by atoms with Gasteiger partial charge >= 0.3 is 0 Å². The highest BCUT2D eigenvalue weighted by Crippen LogP contribution is 2.42. The van der Waals surface area contributed by atoms with Crippen LogP contribution in [0.2, 0.25) is 0 Å². The van der Waals surface area contributed by atoms with Crippen LogP contribution in [0.15, 0.2) is 12.7 Å². The number of rotatable bonds is 2. The molecule has 1 aromatic rings. The predicted octanol–water partition coefficient (Wildman–Crippen LogP) is 2.16. The van der Waals surface area contributed by atoms with E-state index in [2.05, 4.69) is 10.1 Å². The molecule has 1 atom stereocenters. The highest BCUT2D eigenvalue weighted by molar-refractivity contribution is 4.91. The van der Waals surface area contributed by atoms with Crippen LogP contribution in [-0.4, -0.2) is 26.5 Å². The summed E-state index contributed by atoms with van der Waals surface area (Å²) in [7, 11) is 0. The second-order valence-corrected chi connectivity index (χ2v) is 5.14. The second-order valence-electron chi connectivity index (χ2n) is 5.14. The third-order valence-electron chi connectivity index (χ3n) is 3.96. The van der Waals surface area contributed by atoms with Gasteiger partial charge in [0, 0.05) is 0 Å². The summed E-state index contributed by atoms with van der Waals surface area (Å²) >= 11 is 0. The van der Waals surface area contributed by atoms with E-state index < -0.39 is 0 Å². The van der Waals surface area contributed by atoms with E-state index in [1.54, 1.807) is 12.7 Å². The Morgan fingerprint density at radius 2 is 2.12 bits per heavy atom. The zero-order valence-electron chi connectivity index (χ0n) is 9.64. The Morgan fingerprint density at radius 3 is 2.88 bits per heavy atom. The summed E-state index contributed by atoms with van der Waals surface area (Å²) in [6, 6.07) is 0. The largest absolute Gasteiger partial charge is 0.370 e. The Hall–Kier alpha value is -0.900. The average Bonchev–Trinajstić information content (AvgIpc) is 2.92. The molecule has 1 aliphatic carbocycles. The first kappa shape index (κ1) is 10.3. The van der Waals surface area contributed by atoms with Gasteiger partial charge in [0.2, 0.25) is 0 Å². The maximum absolute atomic E-state index is 6.27. The van der Waals surface area contributed by atoms with Gasteiger partial charge in [0.1, 0.15) is 12.7 Å². The van der Waals surface area contributed by atoms with E-state index in [0.717, 1.165) is 6.54 Å².